The maximum Gasteiger partial charge on any atom is 0.324 e. The summed E-state index contributed by atoms with van der Waals surface area (Å²) in [5, 5.41) is 9.09. The molecule has 1 aliphatic rings. The number of likely N-dealkylation sites (tertiary alicyclic amines) is 1. The predicted octanol–water partition coefficient (Wildman–Crippen LogP) is 2.05. The zero-order valence-corrected chi connectivity index (χ0v) is 12.3. The van der Waals surface area contributed by atoms with E-state index in [-0.39, 0.29) is 12.6 Å². The van der Waals surface area contributed by atoms with Crippen LogP contribution in [0.4, 0.5) is 10.5 Å². The molecule has 2 amide bonds. The lowest BCUT2D eigenvalue weighted by Gasteiger charge is -2.33. The Bertz CT molecular complexity index is 515. The van der Waals surface area contributed by atoms with Gasteiger partial charge in [0.1, 0.15) is 5.75 Å². The van der Waals surface area contributed by atoms with Crippen LogP contribution >= 0.6 is 0 Å². The lowest BCUT2D eigenvalue weighted by molar-refractivity contribution is -0.143. The number of rotatable bonds is 3. The number of anilines is 1. The van der Waals surface area contributed by atoms with Gasteiger partial charge in [-0.15, -0.1) is 0 Å². The van der Waals surface area contributed by atoms with Gasteiger partial charge in [-0.05, 0) is 37.1 Å². The summed E-state index contributed by atoms with van der Waals surface area (Å²) < 4.78 is 5.09. The summed E-state index contributed by atoms with van der Waals surface area (Å²) in [6.45, 7) is 0.873. The van der Waals surface area contributed by atoms with Crippen molar-refractivity contribution in [2.45, 2.75) is 12.8 Å². The molecule has 1 atom stereocenters. The molecular weight excluding hydrogens is 272 g/mol. The summed E-state index contributed by atoms with van der Waals surface area (Å²) in [4.78, 5) is 26.7. The van der Waals surface area contributed by atoms with Crippen molar-refractivity contribution in [3.8, 4) is 5.75 Å². The van der Waals surface area contributed by atoms with Crippen molar-refractivity contribution in [1.82, 2.24) is 4.90 Å². The van der Waals surface area contributed by atoms with Gasteiger partial charge in [-0.25, -0.2) is 4.79 Å². The number of ether oxygens (including phenoxy) is 1. The molecule has 21 heavy (non-hydrogen) atoms. The highest BCUT2D eigenvalue weighted by Crippen LogP contribution is 2.22. The zero-order valence-electron chi connectivity index (χ0n) is 12.3. The number of carbonyl (C=O) groups is 2. The molecule has 1 aromatic carbocycles. The number of carbonyl (C=O) groups excluding carboxylic acids is 1. The highest BCUT2D eigenvalue weighted by atomic mass is 16.5. The van der Waals surface area contributed by atoms with Gasteiger partial charge in [0.05, 0.1) is 13.0 Å². The predicted molar refractivity (Wildman–Crippen MR) is 78.7 cm³/mol. The summed E-state index contributed by atoms with van der Waals surface area (Å²) >= 11 is 0. The minimum atomic E-state index is -0.834. The number of nitrogens with zero attached hydrogens (tertiary/aromatic N) is 2. The van der Waals surface area contributed by atoms with Crippen LogP contribution in [0.3, 0.4) is 0 Å². The maximum absolute atomic E-state index is 12.4. The first kappa shape index (κ1) is 15.2. The Morgan fingerprint density at radius 1 is 1.33 bits per heavy atom. The SMILES string of the molecule is COc1ccc(N(C)C(=O)N2CCCC(C(=O)O)C2)cc1. The fraction of sp³-hybridized carbons (Fsp3) is 0.467. The third-order valence-corrected chi connectivity index (χ3v) is 3.79. The number of hydrogen-bond acceptors (Lipinski definition) is 3. The highest BCUT2D eigenvalue weighted by Gasteiger charge is 2.29. The first-order chi connectivity index (χ1) is 10.0. The Balaban J connectivity index is 2.05. The minimum Gasteiger partial charge on any atom is -0.497 e. The minimum absolute atomic E-state index is 0.175. The smallest absolute Gasteiger partial charge is 0.324 e. The van der Waals surface area contributed by atoms with Crippen LogP contribution in [0.1, 0.15) is 12.8 Å². The van der Waals surface area contributed by atoms with Crippen LogP contribution in [-0.2, 0) is 4.79 Å². The number of carboxylic acids is 1. The molecule has 0 radical (unpaired) electrons. The topological polar surface area (TPSA) is 70.1 Å². The number of amides is 2. The number of methoxy groups -OCH3 is 1. The Hall–Kier alpha value is -2.24. The number of piperidine rings is 1. The molecule has 1 aliphatic heterocycles. The van der Waals surface area contributed by atoms with E-state index in [1.165, 1.54) is 4.90 Å². The Kier molecular flexibility index (Phi) is 4.67. The van der Waals surface area contributed by atoms with Crippen molar-refractivity contribution >= 4 is 17.7 Å². The van der Waals surface area contributed by atoms with Crippen LogP contribution in [0, 0.1) is 5.92 Å². The standard InChI is InChI=1S/C15H20N2O4/c1-16(12-5-7-13(21-2)8-6-12)15(20)17-9-3-4-11(10-17)14(18)19/h5-8,11H,3-4,9-10H2,1-2H3,(H,18,19). The van der Waals surface area contributed by atoms with Gasteiger partial charge in [-0.3, -0.25) is 9.69 Å². The van der Waals surface area contributed by atoms with Gasteiger partial charge in [-0.2, -0.15) is 0 Å². The Labute approximate surface area is 123 Å². The molecule has 0 spiro atoms. The molecule has 1 heterocycles. The van der Waals surface area contributed by atoms with E-state index in [1.54, 1.807) is 43.3 Å². The summed E-state index contributed by atoms with van der Waals surface area (Å²) in [5.41, 5.74) is 0.748. The second kappa shape index (κ2) is 6.47. The quantitative estimate of drug-likeness (QED) is 0.925. The number of hydrogen-bond donors (Lipinski definition) is 1. The van der Waals surface area contributed by atoms with E-state index < -0.39 is 11.9 Å². The van der Waals surface area contributed by atoms with Crippen molar-refractivity contribution in [2.75, 3.05) is 32.1 Å². The number of carboxylic acid groups (broad SMARTS) is 1. The van der Waals surface area contributed by atoms with Gasteiger partial charge >= 0.3 is 12.0 Å². The molecule has 6 nitrogen and oxygen atoms in total. The van der Waals surface area contributed by atoms with E-state index in [2.05, 4.69) is 0 Å². The van der Waals surface area contributed by atoms with Crippen LogP contribution in [0.15, 0.2) is 24.3 Å². The maximum atomic E-state index is 12.4. The molecule has 1 saturated heterocycles. The lowest BCUT2D eigenvalue weighted by Crippen LogP contribution is -2.47. The molecule has 1 unspecified atom stereocenters. The summed E-state index contributed by atoms with van der Waals surface area (Å²) in [5.74, 6) is -0.574. The van der Waals surface area contributed by atoms with Crippen LogP contribution in [0.5, 0.6) is 5.75 Å². The van der Waals surface area contributed by atoms with Gasteiger partial charge < -0.3 is 14.7 Å². The second-order valence-corrected chi connectivity index (χ2v) is 5.16. The highest BCUT2D eigenvalue weighted by molar-refractivity contribution is 5.91. The van der Waals surface area contributed by atoms with Gasteiger partial charge in [0.2, 0.25) is 0 Å². The van der Waals surface area contributed by atoms with Gasteiger partial charge in [0.25, 0.3) is 0 Å². The normalized spacial score (nSPS) is 18.2. The molecular formula is C15H20N2O4. The van der Waals surface area contributed by atoms with E-state index in [4.69, 9.17) is 9.84 Å². The third kappa shape index (κ3) is 3.45. The molecule has 0 aromatic heterocycles. The van der Waals surface area contributed by atoms with E-state index >= 15 is 0 Å². The van der Waals surface area contributed by atoms with Crippen LogP contribution in [0.2, 0.25) is 0 Å². The van der Waals surface area contributed by atoms with Crippen molar-refractivity contribution in [3.63, 3.8) is 0 Å². The van der Waals surface area contributed by atoms with Gasteiger partial charge in [0, 0.05) is 25.8 Å². The number of aliphatic carboxylic acids is 1. The summed E-state index contributed by atoms with van der Waals surface area (Å²) in [6, 6.07) is 7.00. The number of urea groups is 1. The van der Waals surface area contributed by atoms with Crippen LogP contribution in [0.25, 0.3) is 0 Å². The van der Waals surface area contributed by atoms with Gasteiger partial charge in [0.15, 0.2) is 0 Å². The first-order valence-electron chi connectivity index (χ1n) is 6.92. The summed E-state index contributed by atoms with van der Waals surface area (Å²) in [6.07, 6.45) is 1.35. The molecule has 2 rings (SSSR count). The van der Waals surface area contributed by atoms with Crippen LogP contribution in [-0.4, -0.2) is 49.3 Å². The molecule has 0 aliphatic carbocycles. The zero-order chi connectivity index (χ0) is 15.4. The van der Waals surface area contributed by atoms with E-state index in [1.807, 2.05) is 0 Å². The van der Waals surface area contributed by atoms with Crippen molar-refractivity contribution in [1.29, 1.82) is 0 Å². The Morgan fingerprint density at radius 2 is 2.00 bits per heavy atom. The molecule has 0 bridgehead atoms. The summed E-state index contributed by atoms with van der Waals surface area (Å²) in [7, 11) is 3.28. The van der Waals surface area contributed by atoms with Gasteiger partial charge in [-0.1, -0.05) is 0 Å². The molecule has 1 fully saturated rings. The fourth-order valence-electron chi connectivity index (χ4n) is 2.48. The monoisotopic (exact) mass is 292 g/mol. The van der Waals surface area contributed by atoms with E-state index in [0.29, 0.717) is 13.0 Å². The molecule has 1 aromatic rings. The largest absolute Gasteiger partial charge is 0.497 e. The van der Waals surface area contributed by atoms with E-state index in [0.717, 1.165) is 17.9 Å². The first-order valence-corrected chi connectivity index (χ1v) is 6.92. The van der Waals surface area contributed by atoms with Crippen molar-refractivity contribution < 1.29 is 19.4 Å². The van der Waals surface area contributed by atoms with Crippen molar-refractivity contribution in [3.05, 3.63) is 24.3 Å². The molecule has 0 saturated carbocycles. The average Bonchev–Trinajstić information content (AvgIpc) is 2.53. The van der Waals surface area contributed by atoms with Crippen LogP contribution < -0.4 is 9.64 Å². The Morgan fingerprint density at radius 3 is 2.57 bits per heavy atom. The average molecular weight is 292 g/mol. The fourth-order valence-corrected chi connectivity index (χ4v) is 2.48. The van der Waals surface area contributed by atoms with E-state index in [9.17, 15) is 9.59 Å². The molecule has 6 heteroatoms. The van der Waals surface area contributed by atoms with Crippen molar-refractivity contribution in [2.24, 2.45) is 5.92 Å². The lowest BCUT2D eigenvalue weighted by atomic mass is 9.99. The molecule has 114 valence electrons. The molecule has 1 N–H and O–H groups in total. The number of benzene rings is 1. The second-order valence-electron chi connectivity index (χ2n) is 5.16. The third-order valence-electron chi connectivity index (χ3n) is 3.79.